The Morgan fingerprint density at radius 3 is 2.84 bits per heavy atom. The molecule has 5 rings (SSSR count). The summed E-state index contributed by atoms with van der Waals surface area (Å²) >= 11 is 0. The number of carbonyl (C=O) groups excluding carboxylic acids is 1. The molecule has 0 bridgehead atoms. The number of hydrogen-bond acceptors (Lipinski definition) is 6. The van der Waals surface area contributed by atoms with Crippen LogP contribution in [0.2, 0.25) is 0 Å². The number of nitrogens with zero attached hydrogens (tertiary/aromatic N) is 3. The normalized spacial score (nSPS) is 17.6. The van der Waals surface area contributed by atoms with E-state index < -0.39 is 17.8 Å². The van der Waals surface area contributed by atoms with E-state index in [1.807, 2.05) is 6.07 Å². The van der Waals surface area contributed by atoms with Crippen molar-refractivity contribution in [2.24, 2.45) is 0 Å². The van der Waals surface area contributed by atoms with Crippen LogP contribution in [-0.2, 0) is 6.18 Å². The van der Waals surface area contributed by atoms with E-state index in [0.717, 1.165) is 23.9 Å². The molecule has 1 N–H and O–H groups in total. The van der Waals surface area contributed by atoms with Gasteiger partial charge in [0.15, 0.2) is 11.5 Å². The molecule has 0 radical (unpaired) electrons. The second kappa shape index (κ2) is 7.74. The number of likely N-dealkylation sites (tertiary alicyclic amines) is 1. The molecular formula is C21H17F3N4O4. The summed E-state index contributed by atoms with van der Waals surface area (Å²) in [6.45, 7) is 0.799. The molecular weight excluding hydrogens is 429 g/mol. The van der Waals surface area contributed by atoms with Crippen LogP contribution in [-0.4, -0.2) is 52.0 Å². The largest absolute Gasteiger partial charge is 0.472 e. The molecule has 4 heterocycles. The van der Waals surface area contributed by atoms with Crippen molar-refractivity contribution >= 4 is 5.91 Å². The van der Waals surface area contributed by atoms with E-state index in [1.165, 1.54) is 0 Å². The second-order valence-electron chi connectivity index (χ2n) is 7.40. The van der Waals surface area contributed by atoms with Gasteiger partial charge in [0.25, 0.3) is 5.91 Å². The molecule has 2 aliphatic heterocycles. The Labute approximate surface area is 179 Å². The molecule has 1 amide bonds. The van der Waals surface area contributed by atoms with Gasteiger partial charge in [-0.15, -0.1) is 0 Å². The first kappa shape index (κ1) is 20.2. The second-order valence-corrected chi connectivity index (χ2v) is 7.40. The maximum absolute atomic E-state index is 12.9. The topological polar surface area (TPSA) is 89.6 Å². The molecule has 0 saturated carbocycles. The lowest BCUT2D eigenvalue weighted by Crippen LogP contribution is -2.31. The molecule has 1 fully saturated rings. The Morgan fingerprint density at radius 2 is 2.00 bits per heavy atom. The number of nitrogens with one attached hydrogen (secondary N) is 1. The lowest BCUT2D eigenvalue weighted by Gasteiger charge is -2.16. The van der Waals surface area contributed by atoms with E-state index in [1.54, 1.807) is 23.1 Å². The summed E-state index contributed by atoms with van der Waals surface area (Å²) < 4.78 is 54.9. The average molecular weight is 446 g/mol. The molecule has 32 heavy (non-hydrogen) atoms. The third-order valence-corrected chi connectivity index (χ3v) is 5.26. The summed E-state index contributed by atoms with van der Waals surface area (Å²) in [6.07, 6.45) is -3.40. The van der Waals surface area contributed by atoms with Gasteiger partial charge < -0.3 is 19.1 Å². The maximum Gasteiger partial charge on any atom is 0.416 e. The first-order valence-corrected chi connectivity index (χ1v) is 9.81. The van der Waals surface area contributed by atoms with Crippen LogP contribution in [0, 0.1) is 0 Å². The monoisotopic (exact) mass is 446 g/mol. The Morgan fingerprint density at radius 1 is 1.16 bits per heavy atom. The third-order valence-electron chi connectivity index (χ3n) is 5.26. The van der Waals surface area contributed by atoms with Gasteiger partial charge in [-0.1, -0.05) is 0 Å². The minimum Gasteiger partial charge on any atom is -0.472 e. The standard InChI is InChI=1S/C21H17F3N4O4/c22-21(23,24)13-3-5-25-19(8-13)32-14-4-6-28(10-14)20(29)16-9-15(26-27-16)12-1-2-17-18(7-12)31-11-30-17/h1-3,5,7-9,14H,4,6,10-11H2,(H,26,27)/t14-/m0/s1. The lowest BCUT2D eigenvalue weighted by atomic mass is 10.1. The third kappa shape index (κ3) is 3.93. The number of halogens is 3. The van der Waals surface area contributed by atoms with Gasteiger partial charge in [-0.05, 0) is 30.3 Å². The van der Waals surface area contributed by atoms with Gasteiger partial charge >= 0.3 is 6.18 Å². The lowest BCUT2D eigenvalue weighted by molar-refractivity contribution is -0.137. The number of alkyl halides is 3. The molecule has 1 aromatic carbocycles. The highest BCUT2D eigenvalue weighted by Gasteiger charge is 2.33. The fourth-order valence-corrected chi connectivity index (χ4v) is 3.64. The molecule has 0 aliphatic carbocycles. The minimum atomic E-state index is -4.48. The molecule has 0 spiro atoms. The van der Waals surface area contributed by atoms with Crippen LogP contribution in [0.5, 0.6) is 17.4 Å². The molecule has 1 saturated heterocycles. The Balaban J connectivity index is 1.24. The number of hydrogen-bond donors (Lipinski definition) is 1. The van der Waals surface area contributed by atoms with Gasteiger partial charge in [-0.25, -0.2) is 4.98 Å². The summed E-state index contributed by atoms with van der Waals surface area (Å²) in [6, 6.07) is 8.76. The smallest absolute Gasteiger partial charge is 0.416 e. The number of carbonyl (C=O) groups is 1. The Kier molecular flexibility index (Phi) is 4.87. The zero-order chi connectivity index (χ0) is 22.3. The average Bonchev–Trinajstić information content (AvgIpc) is 3.52. The summed E-state index contributed by atoms with van der Waals surface area (Å²) in [7, 11) is 0. The van der Waals surface area contributed by atoms with E-state index in [-0.39, 0.29) is 25.1 Å². The fraction of sp³-hybridized carbons (Fsp3) is 0.286. The number of rotatable bonds is 4. The molecule has 3 aromatic rings. The molecule has 11 heteroatoms. The molecule has 2 aliphatic rings. The number of aromatic nitrogens is 3. The van der Waals surface area contributed by atoms with Crippen molar-refractivity contribution < 1.29 is 32.2 Å². The van der Waals surface area contributed by atoms with E-state index in [2.05, 4.69) is 15.2 Å². The number of amides is 1. The molecule has 8 nitrogen and oxygen atoms in total. The highest BCUT2D eigenvalue weighted by atomic mass is 19.4. The predicted molar refractivity (Wildman–Crippen MR) is 104 cm³/mol. The van der Waals surface area contributed by atoms with Crippen LogP contribution in [0.25, 0.3) is 11.3 Å². The number of pyridine rings is 1. The van der Waals surface area contributed by atoms with Gasteiger partial charge in [-0.2, -0.15) is 18.3 Å². The van der Waals surface area contributed by atoms with Crippen molar-refractivity contribution in [3.05, 3.63) is 53.9 Å². The van der Waals surface area contributed by atoms with E-state index in [0.29, 0.717) is 35.9 Å². The van der Waals surface area contributed by atoms with Crippen LogP contribution < -0.4 is 14.2 Å². The minimum absolute atomic E-state index is 0.120. The quantitative estimate of drug-likeness (QED) is 0.660. The van der Waals surface area contributed by atoms with Crippen molar-refractivity contribution in [2.45, 2.75) is 18.7 Å². The maximum atomic E-state index is 12.9. The van der Waals surface area contributed by atoms with Crippen molar-refractivity contribution in [1.82, 2.24) is 20.1 Å². The Bertz CT molecular complexity index is 1160. The van der Waals surface area contributed by atoms with Gasteiger partial charge in [0.1, 0.15) is 11.8 Å². The SMILES string of the molecule is O=C(c1cc(-c2ccc3c(c2)OCO3)n[nH]1)N1CC[C@H](Oc2cc(C(F)(F)F)ccn2)C1. The number of fused-ring (bicyclic) bond motifs is 1. The fourth-order valence-electron chi connectivity index (χ4n) is 3.64. The van der Waals surface area contributed by atoms with Crippen LogP contribution in [0.15, 0.2) is 42.6 Å². The van der Waals surface area contributed by atoms with E-state index in [9.17, 15) is 18.0 Å². The summed E-state index contributed by atoms with van der Waals surface area (Å²) in [4.78, 5) is 18.3. The van der Waals surface area contributed by atoms with Gasteiger partial charge in [-0.3, -0.25) is 9.89 Å². The number of ether oxygens (including phenoxy) is 3. The van der Waals surface area contributed by atoms with Crippen molar-refractivity contribution in [3.63, 3.8) is 0 Å². The van der Waals surface area contributed by atoms with Crippen molar-refractivity contribution in [3.8, 4) is 28.6 Å². The molecule has 2 aromatic heterocycles. The highest BCUT2D eigenvalue weighted by Crippen LogP contribution is 2.35. The van der Waals surface area contributed by atoms with Crippen LogP contribution in [0.3, 0.4) is 0 Å². The van der Waals surface area contributed by atoms with Gasteiger partial charge in [0, 0.05) is 30.8 Å². The van der Waals surface area contributed by atoms with Gasteiger partial charge in [0.2, 0.25) is 12.7 Å². The van der Waals surface area contributed by atoms with Gasteiger partial charge in [0.05, 0.1) is 17.8 Å². The summed E-state index contributed by atoms with van der Waals surface area (Å²) in [5.74, 6) is 0.874. The van der Waals surface area contributed by atoms with E-state index >= 15 is 0 Å². The zero-order valence-corrected chi connectivity index (χ0v) is 16.6. The molecule has 166 valence electrons. The van der Waals surface area contributed by atoms with Crippen LogP contribution >= 0.6 is 0 Å². The summed E-state index contributed by atoms with van der Waals surface area (Å²) in [5.41, 5.74) is 0.812. The van der Waals surface area contributed by atoms with Crippen molar-refractivity contribution in [1.29, 1.82) is 0 Å². The highest BCUT2D eigenvalue weighted by molar-refractivity contribution is 5.93. The first-order valence-electron chi connectivity index (χ1n) is 9.81. The number of benzene rings is 1. The number of aromatic amines is 1. The molecule has 1 atom stereocenters. The zero-order valence-electron chi connectivity index (χ0n) is 16.6. The molecule has 0 unspecified atom stereocenters. The Hall–Kier alpha value is -3.76. The van der Waals surface area contributed by atoms with Crippen LogP contribution in [0.1, 0.15) is 22.5 Å². The summed E-state index contributed by atoms with van der Waals surface area (Å²) in [5, 5.41) is 6.95. The van der Waals surface area contributed by atoms with Crippen LogP contribution in [0.4, 0.5) is 13.2 Å². The first-order chi connectivity index (χ1) is 15.4. The van der Waals surface area contributed by atoms with E-state index in [4.69, 9.17) is 14.2 Å². The van der Waals surface area contributed by atoms with Crippen molar-refractivity contribution in [2.75, 3.05) is 19.9 Å². The predicted octanol–water partition coefficient (Wildman–Crippen LogP) is 3.51. The number of H-pyrrole nitrogens is 1.